The van der Waals surface area contributed by atoms with Crippen molar-refractivity contribution < 1.29 is 22.0 Å². The third-order valence-corrected chi connectivity index (χ3v) is 6.79. The number of carbonyl (C=O) groups excluding carboxylic acids is 1. The van der Waals surface area contributed by atoms with Crippen molar-refractivity contribution in [1.82, 2.24) is 9.21 Å². The highest BCUT2D eigenvalue weighted by Gasteiger charge is 2.30. The number of amides is 1. The van der Waals surface area contributed by atoms with Crippen molar-refractivity contribution in [3.05, 3.63) is 76.6 Å². The van der Waals surface area contributed by atoms with Crippen molar-refractivity contribution in [2.24, 2.45) is 0 Å². The third kappa shape index (κ3) is 3.88. The number of hydrogen-bond acceptors (Lipinski definition) is 4. The first kappa shape index (κ1) is 20.3. The minimum Gasteiger partial charge on any atom is -0.448 e. The van der Waals surface area contributed by atoms with E-state index in [2.05, 4.69) is 0 Å². The van der Waals surface area contributed by atoms with Gasteiger partial charge in [0, 0.05) is 42.5 Å². The van der Waals surface area contributed by atoms with E-state index < -0.39 is 15.8 Å². The summed E-state index contributed by atoms with van der Waals surface area (Å²) < 4.78 is 46.0. The molecule has 0 N–H and O–H groups in total. The first-order chi connectivity index (χ1) is 14.4. The fourth-order valence-electron chi connectivity index (χ4n) is 3.52. The Kier molecular flexibility index (Phi) is 5.44. The number of rotatable bonds is 4. The van der Waals surface area contributed by atoms with E-state index in [9.17, 15) is 17.6 Å². The van der Waals surface area contributed by atoms with E-state index in [0.29, 0.717) is 10.9 Å². The number of fused-ring (bicyclic) bond motifs is 1. The Hall–Kier alpha value is -2.97. The molecule has 1 aliphatic heterocycles. The minimum atomic E-state index is -3.59. The van der Waals surface area contributed by atoms with Crippen molar-refractivity contribution in [3.8, 4) is 0 Å². The lowest BCUT2D eigenvalue weighted by Gasteiger charge is -2.33. The van der Waals surface area contributed by atoms with E-state index in [1.165, 1.54) is 20.7 Å². The van der Waals surface area contributed by atoms with Gasteiger partial charge in [-0.3, -0.25) is 4.79 Å². The summed E-state index contributed by atoms with van der Waals surface area (Å²) in [7, 11) is -3.59. The van der Waals surface area contributed by atoms with Gasteiger partial charge in [0.25, 0.3) is 5.91 Å². The summed E-state index contributed by atoms with van der Waals surface area (Å²) in [6.45, 7) is 2.54. The molecule has 1 saturated heterocycles. The topological polar surface area (TPSA) is 70.8 Å². The maximum atomic E-state index is 14.0. The molecule has 2 aromatic carbocycles. The number of halogens is 1. The first-order valence-electron chi connectivity index (χ1n) is 9.57. The van der Waals surface area contributed by atoms with Gasteiger partial charge in [0.15, 0.2) is 17.2 Å². The summed E-state index contributed by atoms with van der Waals surface area (Å²) in [4.78, 5) is 14.4. The molecule has 8 heteroatoms. The summed E-state index contributed by atoms with van der Waals surface area (Å²) in [5.74, 6) is -0.786. The number of para-hydroxylation sites is 1. The van der Waals surface area contributed by atoms with Crippen LogP contribution >= 0.6 is 0 Å². The summed E-state index contributed by atoms with van der Waals surface area (Å²) in [5, 5.41) is 1.75. The average molecular weight is 428 g/mol. The van der Waals surface area contributed by atoms with E-state index in [4.69, 9.17) is 4.42 Å². The van der Waals surface area contributed by atoms with Crippen molar-refractivity contribution in [2.75, 3.05) is 26.2 Å². The van der Waals surface area contributed by atoms with Crippen LogP contribution in [0.3, 0.4) is 0 Å². The predicted molar refractivity (Wildman–Crippen MR) is 113 cm³/mol. The Morgan fingerprint density at radius 1 is 1.03 bits per heavy atom. The second-order valence-electron chi connectivity index (χ2n) is 7.12. The molecule has 0 bridgehead atoms. The number of furan rings is 1. The predicted octanol–water partition coefficient (Wildman–Crippen LogP) is 3.64. The molecule has 1 aromatic heterocycles. The molecule has 0 spiro atoms. The summed E-state index contributed by atoms with van der Waals surface area (Å²) in [6.07, 6.45) is 1.55. The fraction of sp³-hybridized carbons (Fsp3) is 0.227. The lowest BCUT2D eigenvalue weighted by molar-refractivity contribution is 0.0668. The SMILES string of the molecule is Cc1c(C(=O)N2CCN(S(=O)(=O)/C=C/c3ccccc3)CC2)oc2c(F)cccc12. The molecule has 0 unspecified atom stereocenters. The lowest BCUT2D eigenvalue weighted by Crippen LogP contribution is -2.50. The maximum absolute atomic E-state index is 14.0. The van der Waals surface area contributed by atoms with E-state index in [1.54, 1.807) is 25.1 Å². The van der Waals surface area contributed by atoms with Crippen molar-refractivity contribution in [1.29, 1.82) is 0 Å². The summed E-state index contributed by atoms with van der Waals surface area (Å²) in [6, 6.07) is 13.7. The summed E-state index contributed by atoms with van der Waals surface area (Å²) in [5.41, 5.74) is 1.43. The van der Waals surface area contributed by atoms with Gasteiger partial charge in [-0.25, -0.2) is 12.8 Å². The minimum absolute atomic E-state index is 0.0608. The quantitative estimate of drug-likeness (QED) is 0.636. The Labute approximate surface area is 174 Å². The van der Waals surface area contributed by atoms with Crippen LogP contribution in [0.2, 0.25) is 0 Å². The molecular formula is C22H21FN2O4S. The number of sulfonamides is 1. The fourth-order valence-corrected chi connectivity index (χ4v) is 4.69. The van der Waals surface area contributed by atoms with Crippen LogP contribution in [0.15, 0.2) is 58.4 Å². The Morgan fingerprint density at radius 3 is 2.40 bits per heavy atom. The van der Waals surface area contributed by atoms with E-state index >= 15 is 0 Å². The standard InChI is InChI=1S/C22H21FN2O4S/c1-16-18-8-5-9-19(23)21(18)29-20(16)22(26)24-11-13-25(14-12-24)30(27,28)15-10-17-6-3-2-4-7-17/h2-10,15H,11-14H2,1H3/b15-10+. The average Bonchev–Trinajstić information content (AvgIpc) is 3.11. The van der Waals surface area contributed by atoms with Crippen LogP contribution in [0.4, 0.5) is 4.39 Å². The molecule has 0 radical (unpaired) electrons. The number of hydrogen-bond donors (Lipinski definition) is 0. The maximum Gasteiger partial charge on any atom is 0.289 e. The monoisotopic (exact) mass is 428 g/mol. The number of benzene rings is 2. The summed E-state index contributed by atoms with van der Waals surface area (Å²) >= 11 is 0. The van der Waals surface area contributed by atoms with Gasteiger partial charge in [0.1, 0.15) is 0 Å². The van der Waals surface area contributed by atoms with E-state index in [0.717, 1.165) is 5.56 Å². The van der Waals surface area contributed by atoms with Gasteiger partial charge in [-0.15, -0.1) is 0 Å². The number of aryl methyl sites for hydroxylation is 1. The Bertz CT molecular complexity index is 1210. The lowest BCUT2D eigenvalue weighted by atomic mass is 10.1. The largest absolute Gasteiger partial charge is 0.448 e. The molecule has 156 valence electrons. The van der Waals surface area contributed by atoms with Crippen LogP contribution in [-0.4, -0.2) is 49.7 Å². The van der Waals surface area contributed by atoms with Gasteiger partial charge < -0.3 is 9.32 Å². The molecule has 2 heterocycles. The number of piperazine rings is 1. The van der Waals surface area contributed by atoms with Crippen molar-refractivity contribution >= 4 is 33.0 Å². The van der Waals surface area contributed by atoms with Gasteiger partial charge in [0.05, 0.1) is 0 Å². The molecule has 1 fully saturated rings. The van der Waals surface area contributed by atoms with Gasteiger partial charge >= 0.3 is 0 Å². The van der Waals surface area contributed by atoms with Gasteiger partial charge in [-0.05, 0) is 24.6 Å². The zero-order valence-electron chi connectivity index (χ0n) is 16.4. The molecule has 1 amide bonds. The van der Waals surface area contributed by atoms with Crippen LogP contribution < -0.4 is 0 Å². The van der Waals surface area contributed by atoms with Crippen molar-refractivity contribution in [3.63, 3.8) is 0 Å². The molecule has 0 aliphatic carbocycles. The highest BCUT2D eigenvalue weighted by Crippen LogP contribution is 2.28. The zero-order chi connectivity index (χ0) is 21.3. The molecule has 0 saturated carbocycles. The zero-order valence-corrected chi connectivity index (χ0v) is 17.2. The number of carbonyl (C=O) groups is 1. The van der Waals surface area contributed by atoms with Gasteiger partial charge in [0.2, 0.25) is 10.0 Å². The normalized spacial score (nSPS) is 15.9. The second kappa shape index (κ2) is 8.04. The molecular weight excluding hydrogens is 407 g/mol. The smallest absolute Gasteiger partial charge is 0.289 e. The van der Waals surface area contributed by atoms with Crippen LogP contribution in [0, 0.1) is 12.7 Å². The Balaban J connectivity index is 1.46. The van der Waals surface area contributed by atoms with Crippen LogP contribution in [0.1, 0.15) is 21.7 Å². The Morgan fingerprint density at radius 2 is 1.73 bits per heavy atom. The molecule has 6 nitrogen and oxygen atoms in total. The third-order valence-electron chi connectivity index (χ3n) is 5.23. The van der Waals surface area contributed by atoms with Crippen LogP contribution in [0.25, 0.3) is 17.0 Å². The van der Waals surface area contributed by atoms with Crippen LogP contribution in [0.5, 0.6) is 0 Å². The molecule has 30 heavy (non-hydrogen) atoms. The highest BCUT2D eigenvalue weighted by molar-refractivity contribution is 7.92. The highest BCUT2D eigenvalue weighted by atomic mass is 32.2. The van der Waals surface area contributed by atoms with Crippen LogP contribution in [-0.2, 0) is 10.0 Å². The van der Waals surface area contributed by atoms with Crippen molar-refractivity contribution in [2.45, 2.75) is 6.92 Å². The van der Waals surface area contributed by atoms with Gasteiger partial charge in [-0.2, -0.15) is 4.31 Å². The van der Waals surface area contributed by atoms with E-state index in [-0.39, 0.29) is 43.4 Å². The molecule has 3 aromatic rings. The van der Waals surface area contributed by atoms with E-state index in [1.807, 2.05) is 30.3 Å². The first-order valence-corrected chi connectivity index (χ1v) is 11.1. The second-order valence-corrected chi connectivity index (χ2v) is 8.94. The molecule has 1 aliphatic rings. The van der Waals surface area contributed by atoms with Gasteiger partial charge in [-0.1, -0.05) is 42.5 Å². The number of nitrogens with zero attached hydrogens (tertiary/aromatic N) is 2. The molecule has 0 atom stereocenters. The molecule has 4 rings (SSSR count).